The zero-order chi connectivity index (χ0) is 22.9. The van der Waals surface area contributed by atoms with Crippen LogP contribution in [0.5, 0.6) is 0 Å². The van der Waals surface area contributed by atoms with Crippen molar-refractivity contribution in [2.75, 3.05) is 6.54 Å². The molecular formula is C22H22F4N2O3. The number of hydroxylamine groups is 1. The van der Waals surface area contributed by atoms with Gasteiger partial charge in [-0.15, -0.1) is 0 Å². The van der Waals surface area contributed by atoms with E-state index in [2.05, 4.69) is 5.32 Å². The van der Waals surface area contributed by atoms with E-state index in [-0.39, 0.29) is 12.0 Å². The third-order valence-electron chi connectivity index (χ3n) is 4.44. The molecule has 2 amide bonds. The molecule has 0 fully saturated rings. The van der Waals surface area contributed by atoms with E-state index < -0.39 is 29.4 Å². The fourth-order valence-electron chi connectivity index (χ4n) is 2.78. The van der Waals surface area contributed by atoms with Crippen LogP contribution in [0.2, 0.25) is 0 Å². The van der Waals surface area contributed by atoms with Crippen LogP contribution in [-0.4, -0.2) is 23.6 Å². The Labute approximate surface area is 176 Å². The van der Waals surface area contributed by atoms with E-state index in [1.54, 1.807) is 5.48 Å². The maximum absolute atomic E-state index is 13.3. The maximum atomic E-state index is 13.3. The molecule has 0 aliphatic carbocycles. The van der Waals surface area contributed by atoms with Crippen LogP contribution in [0.1, 0.15) is 42.4 Å². The van der Waals surface area contributed by atoms with Gasteiger partial charge in [0.1, 0.15) is 5.82 Å². The molecule has 2 aromatic carbocycles. The maximum Gasteiger partial charge on any atom is 0.416 e. The minimum absolute atomic E-state index is 0.166. The number of nitrogens with one attached hydrogen (secondary N) is 2. The number of rotatable bonds is 9. The van der Waals surface area contributed by atoms with Gasteiger partial charge in [0.15, 0.2) is 0 Å². The molecule has 2 rings (SSSR count). The molecule has 0 atom stereocenters. The van der Waals surface area contributed by atoms with Crippen molar-refractivity contribution < 1.29 is 32.4 Å². The number of hydrogen-bond acceptors (Lipinski definition) is 3. The first-order valence-corrected chi connectivity index (χ1v) is 9.56. The van der Waals surface area contributed by atoms with Gasteiger partial charge < -0.3 is 5.32 Å². The number of halogens is 4. The summed E-state index contributed by atoms with van der Waals surface area (Å²) in [5.41, 5.74) is 1.72. The van der Waals surface area contributed by atoms with Crippen LogP contribution in [0, 0.1) is 5.82 Å². The zero-order valence-electron chi connectivity index (χ0n) is 16.5. The molecule has 9 heteroatoms. The number of amides is 2. The summed E-state index contributed by atoms with van der Waals surface area (Å²) in [7, 11) is 0. The molecule has 0 aromatic heterocycles. The van der Waals surface area contributed by atoms with Crippen LogP contribution in [0.4, 0.5) is 17.6 Å². The molecule has 0 unspecified atom stereocenters. The fraction of sp³-hybridized carbons (Fsp3) is 0.273. The summed E-state index contributed by atoms with van der Waals surface area (Å²) in [6.07, 6.45) is -1.09. The Bertz CT molecular complexity index is 908. The number of unbranched alkanes of at least 4 members (excludes halogenated alkanes) is 2. The monoisotopic (exact) mass is 438 g/mol. The molecule has 0 aliphatic heterocycles. The lowest BCUT2D eigenvalue weighted by Gasteiger charge is -2.11. The average molecular weight is 438 g/mol. The molecule has 0 spiro atoms. The molecule has 0 saturated heterocycles. The molecule has 0 heterocycles. The van der Waals surface area contributed by atoms with Crippen molar-refractivity contribution in [2.45, 2.75) is 31.9 Å². The number of carbonyl (C=O) groups is 2. The highest BCUT2D eigenvalue weighted by atomic mass is 19.4. The molecule has 0 radical (unpaired) electrons. The minimum Gasteiger partial charge on any atom is -0.352 e. The summed E-state index contributed by atoms with van der Waals surface area (Å²) in [6.45, 7) is 0.311. The summed E-state index contributed by atoms with van der Waals surface area (Å²) >= 11 is 0. The van der Waals surface area contributed by atoms with Crippen LogP contribution in [0.25, 0.3) is 11.6 Å². The summed E-state index contributed by atoms with van der Waals surface area (Å²) in [5.74, 6) is -1.42. The Morgan fingerprint density at radius 2 is 1.58 bits per heavy atom. The van der Waals surface area contributed by atoms with E-state index in [1.807, 2.05) is 0 Å². The lowest BCUT2D eigenvalue weighted by molar-refractivity contribution is -0.137. The van der Waals surface area contributed by atoms with E-state index in [0.29, 0.717) is 36.9 Å². The SMILES string of the molecule is O=C(CCCCCNC(=O)C(=Cc1ccc(C(F)(F)F)cc1)c1ccc(F)cc1)NO. The van der Waals surface area contributed by atoms with Gasteiger partial charge >= 0.3 is 6.18 Å². The molecule has 2 aromatic rings. The predicted molar refractivity (Wildman–Crippen MR) is 107 cm³/mol. The van der Waals surface area contributed by atoms with Gasteiger partial charge in [0, 0.05) is 18.5 Å². The van der Waals surface area contributed by atoms with Gasteiger partial charge in [-0.05, 0) is 54.3 Å². The van der Waals surface area contributed by atoms with Gasteiger partial charge in [-0.3, -0.25) is 14.8 Å². The third-order valence-corrected chi connectivity index (χ3v) is 4.44. The summed E-state index contributed by atoms with van der Waals surface area (Å²) < 4.78 is 51.5. The highest BCUT2D eigenvalue weighted by Crippen LogP contribution is 2.29. The minimum atomic E-state index is -4.46. The summed E-state index contributed by atoms with van der Waals surface area (Å²) in [4.78, 5) is 23.6. The molecule has 31 heavy (non-hydrogen) atoms. The number of hydrogen-bond donors (Lipinski definition) is 3. The average Bonchev–Trinajstić information content (AvgIpc) is 2.74. The highest BCUT2D eigenvalue weighted by molar-refractivity contribution is 6.24. The molecule has 0 aliphatic rings. The second-order valence-corrected chi connectivity index (χ2v) is 6.79. The largest absolute Gasteiger partial charge is 0.416 e. The molecule has 166 valence electrons. The van der Waals surface area contributed by atoms with E-state index in [1.165, 1.54) is 42.5 Å². The second kappa shape index (κ2) is 11.3. The van der Waals surface area contributed by atoms with Gasteiger partial charge in [0.25, 0.3) is 5.91 Å². The van der Waals surface area contributed by atoms with Crippen molar-refractivity contribution in [1.82, 2.24) is 10.8 Å². The van der Waals surface area contributed by atoms with Crippen LogP contribution in [-0.2, 0) is 15.8 Å². The Morgan fingerprint density at radius 3 is 2.16 bits per heavy atom. The quantitative estimate of drug-likeness (QED) is 0.134. The molecule has 3 N–H and O–H groups in total. The number of alkyl halides is 3. The first kappa shape index (κ1) is 24.1. The zero-order valence-corrected chi connectivity index (χ0v) is 16.5. The molecule has 0 saturated carbocycles. The molecule has 5 nitrogen and oxygen atoms in total. The topological polar surface area (TPSA) is 78.4 Å². The van der Waals surface area contributed by atoms with E-state index in [9.17, 15) is 27.2 Å². The second-order valence-electron chi connectivity index (χ2n) is 6.79. The Kier molecular flexibility index (Phi) is 8.75. The van der Waals surface area contributed by atoms with Gasteiger partial charge in [-0.1, -0.05) is 30.7 Å². The summed E-state index contributed by atoms with van der Waals surface area (Å²) in [5, 5.41) is 11.2. The fourth-order valence-corrected chi connectivity index (χ4v) is 2.78. The van der Waals surface area contributed by atoms with Crippen LogP contribution in [0.3, 0.4) is 0 Å². The highest BCUT2D eigenvalue weighted by Gasteiger charge is 2.29. The predicted octanol–water partition coefficient (Wildman–Crippen LogP) is 4.57. The first-order chi connectivity index (χ1) is 14.7. The number of carbonyl (C=O) groups excluding carboxylic acids is 2. The van der Waals surface area contributed by atoms with Crippen molar-refractivity contribution in [2.24, 2.45) is 0 Å². The molecular weight excluding hydrogens is 416 g/mol. The standard InChI is InChI=1S/C22H22F4N2O3/c23-18-11-7-16(8-12-18)19(14-15-5-9-17(10-6-15)22(24,25)26)21(30)27-13-3-1-2-4-20(29)28-31/h5-12,14,31H,1-4,13H2,(H,27,30)(H,28,29). The van der Waals surface area contributed by atoms with E-state index >= 15 is 0 Å². The number of benzene rings is 2. The van der Waals surface area contributed by atoms with Crippen molar-refractivity contribution in [1.29, 1.82) is 0 Å². The van der Waals surface area contributed by atoms with E-state index in [4.69, 9.17) is 5.21 Å². The summed E-state index contributed by atoms with van der Waals surface area (Å²) in [6, 6.07) is 9.57. The van der Waals surface area contributed by atoms with E-state index in [0.717, 1.165) is 12.1 Å². The van der Waals surface area contributed by atoms with Crippen molar-refractivity contribution >= 4 is 23.5 Å². The lowest BCUT2D eigenvalue weighted by Crippen LogP contribution is -2.25. The van der Waals surface area contributed by atoms with Crippen molar-refractivity contribution in [3.8, 4) is 0 Å². The van der Waals surface area contributed by atoms with Crippen molar-refractivity contribution in [3.05, 3.63) is 71.0 Å². The normalized spacial score (nSPS) is 11.8. The van der Waals surface area contributed by atoms with Crippen LogP contribution >= 0.6 is 0 Å². The van der Waals surface area contributed by atoms with Crippen LogP contribution < -0.4 is 10.8 Å². The first-order valence-electron chi connectivity index (χ1n) is 9.56. The molecule has 0 bridgehead atoms. The Hall–Kier alpha value is -3.20. The third kappa shape index (κ3) is 7.86. The van der Waals surface area contributed by atoms with Gasteiger partial charge in [-0.2, -0.15) is 13.2 Å². The Morgan fingerprint density at radius 1 is 0.935 bits per heavy atom. The smallest absolute Gasteiger partial charge is 0.352 e. The lowest BCUT2D eigenvalue weighted by atomic mass is 10.0. The van der Waals surface area contributed by atoms with Crippen molar-refractivity contribution in [3.63, 3.8) is 0 Å². The van der Waals surface area contributed by atoms with Gasteiger partial charge in [-0.25, -0.2) is 9.87 Å². The van der Waals surface area contributed by atoms with Gasteiger partial charge in [0.05, 0.1) is 5.56 Å². The van der Waals surface area contributed by atoms with Gasteiger partial charge in [0.2, 0.25) is 5.91 Å². The Balaban J connectivity index is 2.10. The van der Waals surface area contributed by atoms with Crippen LogP contribution in [0.15, 0.2) is 48.5 Å².